The number of nitrogens with zero attached hydrogens (tertiary/aromatic N) is 2. The molecule has 96 valence electrons. The SMILES string of the molecule is CC(C)(C)n1c(-c2cccc(Cl)c2F)n[nH]c1=S. The average molecular weight is 286 g/mol. The summed E-state index contributed by atoms with van der Waals surface area (Å²) in [4.78, 5) is 0. The molecule has 0 bridgehead atoms. The number of aromatic nitrogens is 3. The maximum Gasteiger partial charge on any atom is 0.195 e. The van der Waals surface area contributed by atoms with Gasteiger partial charge in [-0.15, -0.1) is 0 Å². The zero-order chi connectivity index (χ0) is 13.5. The van der Waals surface area contributed by atoms with Gasteiger partial charge in [0.25, 0.3) is 0 Å². The van der Waals surface area contributed by atoms with Gasteiger partial charge in [-0.3, -0.25) is 9.67 Å². The Kier molecular flexibility index (Phi) is 3.29. The van der Waals surface area contributed by atoms with Crippen molar-refractivity contribution in [1.29, 1.82) is 0 Å². The summed E-state index contributed by atoms with van der Waals surface area (Å²) in [5, 5.41) is 6.87. The molecule has 0 aliphatic heterocycles. The monoisotopic (exact) mass is 285 g/mol. The first-order chi connectivity index (χ1) is 8.32. The van der Waals surface area contributed by atoms with Crippen LogP contribution < -0.4 is 0 Å². The van der Waals surface area contributed by atoms with Gasteiger partial charge >= 0.3 is 0 Å². The summed E-state index contributed by atoms with van der Waals surface area (Å²) in [6.45, 7) is 5.93. The molecule has 0 spiro atoms. The van der Waals surface area contributed by atoms with Crippen LogP contribution in [0.2, 0.25) is 5.02 Å². The van der Waals surface area contributed by atoms with Crippen LogP contribution in [0.15, 0.2) is 18.2 Å². The maximum atomic E-state index is 14.0. The molecule has 2 aromatic rings. The molecule has 3 nitrogen and oxygen atoms in total. The van der Waals surface area contributed by atoms with Crippen molar-refractivity contribution in [1.82, 2.24) is 14.8 Å². The van der Waals surface area contributed by atoms with Gasteiger partial charge in [0, 0.05) is 5.54 Å². The van der Waals surface area contributed by atoms with E-state index in [0.29, 0.717) is 16.2 Å². The van der Waals surface area contributed by atoms with Gasteiger partial charge in [0.05, 0.1) is 10.6 Å². The highest BCUT2D eigenvalue weighted by Crippen LogP contribution is 2.29. The first-order valence-electron chi connectivity index (χ1n) is 5.44. The highest BCUT2D eigenvalue weighted by molar-refractivity contribution is 7.71. The second-order valence-electron chi connectivity index (χ2n) is 4.96. The number of H-pyrrole nitrogens is 1. The summed E-state index contributed by atoms with van der Waals surface area (Å²) < 4.78 is 16.3. The lowest BCUT2D eigenvalue weighted by atomic mass is 10.1. The average Bonchev–Trinajstić information content (AvgIpc) is 2.64. The molecule has 18 heavy (non-hydrogen) atoms. The fraction of sp³-hybridized carbons (Fsp3) is 0.333. The first-order valence-corrected chi connectivity index (χ1v) is 6.23. The largest absolute Gasteiger partial charge is 0.295 e. The van der Waals surface area contributed by atoms with Gasteiger partial charge in [-0.2, -0.15) is 5.10 Å². The first kappa shape index (κ1) is 13.2. The van der Waals surface area contributed by atoms with Crippen molar-refractivity contribution in [2.24, 2.45) is 0 Å². The Hall–Kier alpha value is -1.20. The van der Waals surface area contributed by atoms with Gasteiger partial charge in [0.2, 0.25) is 0 Å². The number of rotatable bonds is 1. The van der Waals surface area contributed by atoms with Crippen molar-refractivity contribution in [3.05, 3.63) is 33.8 Å². The third kappa shape index (κ3) is 2.20. The van der Waals surface area contributed by atoms with E-state index in [1.54, 1.807) is 16.7 Å². The fourth-order valence-electron chi connectivity index (χ4n) is 1.78. The van der Waals surface area contributed by atoms with Gasteiger partial charge in [-0.05, 0) is 45.1 Å². The standard InChI is InChI=1S/C12H13ClFN3S/c1-12(2,3)17-10(15-16-11(17)18)7-5-4-6-8(13)9(7)14/h4-6H,1-3H3,(H,16,18). The summed E-state index contributed by atoms with van der Waals surface area (Å²) in [6, 6.07) is 4.82. The summed E-state index contributed by atoms with van der Waals surface area (Å²) >= 11 is 11.0. The molecule has 1 aromatic carbocycles. The molecule has 0 radical (unpaired) electrons. The summed E-state index contributed by atoms with van der Waals surface area (Å²) in [5.41, 5.74) is 0.0403. The Morgan fingerprint density at radius 3 is 2.67 bits per heavy atom. The molecule has 0 aliphatic rings. The summed E-state index contributed by atoms with van der Waals surface area (Å²) in [6.07, 6.45) is 0. The van der Waals surface area contributed by atoms with Crippen LogP contribution in [0.1, 0.15) is 20.8 Å². The second-order valence-corrected chi connectivity index (χ2v) is 5.75. The van der Waals surface area contributed by atoms with Gasteiger partial charge in [0.15, 0.2) is 16.4 Å². The molecule has 6 heteroatoms. The fourth-order valence-corrected chi connectivity index (χ4v) is 2.36. The van der Waals surface area contributed by atoms with Crippen LogP contribution in [0.25, 0.3) is 11.4 Å². The molecule has 0 fully saturated rings. The van der Waals surface area contributed by atoms with Crippen molar-refractivity contribution >= 4 is 23.8 Å². The van der Waals surface area contributed by atoms with Crippen molar-refractivity contribution in [2.45, 2.75) is 26.3 Å². The van der Waals surface area contributed by atoms with Crippen LogP contribution in [-0.2, 0) is 5.54 Å². The predicted molar refractivity (Wildman–Crippen MR) is 72.8 cm³/mol. The number of nitrogens with one attached hydrogen (secondary N) is 1. The quantitative estimate of drug-likeness (QED) is 0.799. The van der Waals surface area contributed by atoms with E-state index in [-0.39, 0.29) is 10.6 Å². The minimum atomic E-state index is -0.487. The second kappa shape index (κ2) is 4.48. The molecule has 0 saturated heterocycles. The van der Waals surface area contributed by atoms with Gasteiger partial charge < -0.3 is 0 Å². The molecule has 2 rings (SSSR count). The Labute approximate surface area is 115 Å². The van der Waals surface area contributed by atoms with Crippen molar-refractivity contribution < 1.29 is 4.39 Å². The lowest BCUT2D eigenvalue weighted by Gasteiger charge is -2.22. The van der Waals surface area contributed by atoms with E-state index in [1.165, 1.54) is 6.07 Å². The minimum absolute atomic E-state index is 0.0712. The van der Waals surface area contributed by atoms with Crippen molar-refractivity contribution in [3.63, 3.8) is 0 Å². The van der Waals surface area contributed by atoms with Gasteiger partial charge in [-0.1, -0.05) is 17.7 Å². The maximum absolute atomic E-state index is 14.0. The van der Waals surface area contributed by atoms with Gasteiger partial charge in [-0.25, -0.2) is 4.39 Å². The molecular weight excluding hydrogens is 273 g/mol. The van der Waals surface area contributed by atoms with Crippen LogP contribution in [0.4, 0.5) is 4.39 Å². The third-order valence-electron chi connectivity index (χ3n) is 2.54. The number of halogens is 2. The summed E-state index contributed by atoms with van der Waals surface area (Å²) in [7, 11) is 0. The van der Waals surface area contributed by atoms with E-state index in [9.17, 15) is 4.39 Å². The van der Waals surface area contributed by atoms with Crippen LogP contribution >= 0.6 is 23.8 Å². The molecule has 0 unspecified atom stereocenters. The Morgan fingerprint density at radius 2 is 2.06 bits per heavy atom. The number of hydrogen-bond acceptors (Lipinski definition) is 2. The van der Waals surface area contributed by atoms with Crippen molar-refractivity contribution in [3.8, 4) is 11.4 Å². The summed E-state index contributed by atoms with van der Waals surface area (Å²) in [5.74, 6) is -0.0360. The highest BCUT2D eigenvalue weighted by Gasteiger charge is 2.22. The van der Waals surface area contributed by atoms with E-state index >= 15 is 0 Å². The van der Waals surface area contributed by atoms with Crippen LogP contribution in [0.3, 0.4) is 0 Å². The molecule has 0 atom stereocenters. The molecule has 1 heterocycles. The molecule has 0 aliphatic carbocycles. The topological polar surface area (TPSA) is 33.6 Å². The molecule has 0 saturated carbocycles. The Balaban J connectivity index is 2.74. The number of hydrogen-bond donors (Lipinski definition) is 1. The number of aromatic amines is 1. The normalized spacial score (nSPS) is 11.8. The van der Waals surface area contributed by atoms with Gasteiger partial charge in [0.1, 0.15) is 0 Å². The molecular formula is C12H13ClFN3S. The van der Waals surface area contributed by atoms with E-state index in [4.69, 9.17) is 23.8 Å². The Bertz CT molecular complexity index is 640. The van der Waals surface area contributed by atoms with Crippen LogP contribution in [0.5, 0.6) is 0 Å². The van der Waals surface area contributed by atoms with Crippen molar-refractivity contribution in [2.75, 3.05) is 0 Å². The van der Waals surface area contributed by atoms with Crippen LogP contribution in [-0.4, -0.2) is 14.8 Å². The van der Waals surface area contributed by atoms with E-state index in [1.807, 2.05) is 20.8 Å². The zero-order valence-electron chi connectivity index (χ0n) is 10.3. The highest BCUT2D eigenvalue weighted by atomic mass is 35.5. The third-order valence-corrected chi connectivity index (χ3v) is 3.10. The zero-order valence-corrected chi connectivity index (χ0v) is 11.9. The predicted octanol–water partition coefficient (Wildman–Crippen LogP) is 4.16. The Morgan fingerprint density at radius 1 is 1.39 bits per heavy atom. The molecule has 1 aromatic heterocycles. The number of benzene rings is 1. The lowest BCUT2D eigenvalue weighted by Crippen LogP contribution is -2.23. The molecule has 0 amide bonds. The molecule has 1 N–H and O–H groups in total. The van der Waals surface area contributed by atoms with E-state index < -0.39 is 5.82 Å². The smallest absolute Gasteiger partial charge is 0.195 e. The van der Waals surface area contributed by atoms with Crippen LogP contribution in [0, 0.1) is 10.6 Å². The van der Waals surface area contributed by atoms with E-state index in [2.05, 4.69) is 10.2 Å². The lowest BCUT2D eigenvalue weighted by molar-refractivity contribution is 0.395. The van der Waals surface area contributed by atoms with E-state index in [0.717, 1.165) is 0 Å². The minimum Gasteiger partial charge on any atom is -0.295 e.